The topological polar surface area (TPSA) is 145 Å². The number of aliphatic carboxylic acids is 1. The number of halogens is 1. The zero-order valence-electron chi connectivity index (χ0n) is 23.0. The van der Waals surface area contributed by atoms with E-state index in [0.29, 0.717) is 55.1 Å². The van der Waals surface area contributed by atoms with Crippen LogP contribution in [-0.4, -0.2) is 59.0 Å². The van der Waals surface area contributed by atoms with Crippen LogP contribution in [0, 0.1) is 29.0 Å². The lowest BCUT2D eigenvalue weighted by Crippen LogP contribution is -2.46. The van der Waals surface area contributed by atoms with Crippen LogP contribution in [0.25, 0.3) is 0 Å². The number of carboxylic acid groups (broad SMARTS) is 1. The van der Waals surface area contributed by atoms with E-state index in [-0.39, 0.29) is 30.4 Å². The van der Waals surface area contributed by atoms with Gasteiger partial charge >= 0.3 is 5.97 Å². The summed E-state index contributed by atoms with van der Waals surface area (Å²) in [4.78, 5) is 43.7. The van der Waals surface area contributed by atoms with Crippen molar-refractivity contribution in [2.24, 2.45) is 11.8 Å². The van der Waals surface area contributed by atoms with Gasteiger partial charge in [-0.25, -0.2) is 4.39 Å². The van der Waals surface area contributed by atoms with Crippen molar-refractivity contribution in [1.29, 1.82) is 5.26 Å². The Kier molecular flexibility index (Phi) is 10.6. The Bertz CT molecular complexity index is 1280. The van der Waals surface area contributed by atoms with Crippen LogP contribution in [-0.2, 0) is 21.0 Å². The molecular formula is C30H36FN5O5. The number of piperidine rings is 2. The maximum absolute atomic E-state index is 13.6. The number of nitriles is 1. The molecule has 0 aliphatic carbocycles. The number of aromatic nitrogens is 1. The Morgan fingerprint density at radius 2 is 2.02 bits per heavy atom. The number of hydrogen-bond donors (Lipinski definition) is 3. The summed E-state index contributed by atoms with van der Waals surface area (Å²) in [6, 6.07) is 6.64. The number of nitrogens with one attached hydrogen (secondary N) is 2. The first kappa shape index (κ1) is 29.9. The third-order valence-electron chi connectivity index (χ3n) is 7.76. The number of nitrogens with zero attached hydrogens (tertiary/aromatic N) is 3. The average Bonchev–Trinajstić information content (AvgIpc) is 2.99. The van der Waals surface area contributed by atoms with Crippen LogP contribution in [0.4, 0.5) is 4.39 Å². The third-order valence-corrected chi connectivity index (χ3v) is 7.76. The molecule has 2 amide bonds. The highest BCUT2D eigenvalue weighted by atomic mass is 19.1. The lowest BCUT2D eigenvalue weighted by Gasteiger charge is -2.33. The van der Waals surface area contributed by atoms with Crippen LogP contribution in [0.15, 0.2) is 36.7 Å². The third kappa shape index (κ3) is 8.72. The van der Waals surface area contributed by atoms with E-state index in [1.54, 1.807) is 17.0 Å². The Hall–Kier alpha value is -4.04. The van der Waals surface area contributed by atoms with E-state index in [0.717, 1.165) is 32.4 Å². The number of likely N-dealkylation sites (tertiary alicyclic amines) is 1. The lowest BCUT2D eigenvalue weighted by molar-refractivity contribution is -0.138. The number of carboxylic acids is 1. The highest BCUT2D eigenvalue weighted by Crippen LogP contribution is 2.25. The van der Waals surface area contributed by atoms with E-state index in [1.165, 1.54) is 30.6 Å². The number of rotatable bonds is 11. The summed E-state index contributed by atoms with van der Waals surface area (Å²) < 4.78 is 19.4. The summed E-state index contributed by atoms with van der Waals surface area (Å²) in [5.74, 6) is -1.47. The molecule has 0 spiro atoms. The zero-order chi connectivity index (χ0) is 29.2. The predicted molar refractivity (Wildman–Crippen MR) is 147 cm³/mol. The second-order valence-corrected chi connectivity index (χ2v) is 10.7. The van der Waals surface area contributed by atoms with Crippen molar-refractivity contribution in [3.8, 4) is 11.8 Å². The van der Waals surface area contributed by atoms with Gasteiger partial charge in [0, 0.05) is 25.7 Å². The van der Waals surface area contributed by atoms with Crippen LogP contribution >= 0.6 is 0 Å². The summed E-state index contributed by atoms with van der Waals surface area (Å²) in [6.45, 7) is 2.97. The Labute approximate surface area is 238 Å². The molecule has 2 aliphatic heterocycles. The fourth-order valence-electron chi connectivity index (χ4n) is 5.41. The van der Waals surface area contributed by atoms with Crippen LogP contribution in [0.3, 0.4) is 0 Å². The Morgan fingerprint density at radius 3 is 2.78 bits per heavy atom. The average molecular weight is 566 g/mol. The molecule has 2 aromatic rings. The first-order chi connectivity index (χ1) is 19.8. The molecule has 1 aromatic heterocycles. The second-order valence-electron chi connectivity index (χ2n) is 10.7. The van der Waals surface area contributed by atoms with Gasteiger partial charge in [0.15, 0.2) is 0 Å². The number of carbonyl (C=O) groups excluding carboxylic acids is 2. The largest absolute Gasteiger partial charge is 0.487 e. The summed E-state index contributed by atoms with van der Waals surface area (Å²) in [5, 5.41) is 24.8. The van der Waals surface area contributed by atoms with Crippen molar-refractivity contribution in [2.45, 2.75) is 57.6 Å². The van der Waals surface area contributed by atoms with Crippen LogP contribution < -0.4 is 15.4 Å². The molecule has 1 aromatic carbocycles. The molecule has 2 unspecified atom stereocenters. The van der Waals surface area contributed by atoms with Gasteiger partial charge in [-0.1, -0.05) is 6.07 Å². The van der Waals surface area contributed by atoms with E-state index in [4.69, 9.17) is 10.00 Å². The van der Waals surface area contributed by atoms with Gasteiger partial charge in [0.05, 0.1) is 30.1 Å². The summed E-state index contributed by atoms with van der Waals surface area (Å²) >= 11 is 0. The maximum atomic E-state index is 13.6. The standard InChI is InChI=1S/C30H36FN5O5/c31-26-5-3-21(12-23(26)15-32)19-41-25-13-24(16-34-17-25)27(14-29(38)39)35-30(40)22-2-1-11-36(18-22)28(37)6-4-20-7-9-33-10-8-20/h3,5,12-13,16-17,20,22,27,33H,1-2,4,6-11,14,18-19H2,(H,35,40)(H,38,39). The number of ether oxygens (including phenoxy) is 1. The first-order valence-corrected chi connectivity index (χ1v) is 14.1. The lowest BCUT2D eigenvalue weighted by atomic mass is 9.92. The van der Waals surface area contributed by atoms with E-state index in [9.17, 15) is 23.9 Å². The maximum Gasteiger partial charge on any atom is 0.305 e. The van der Waals surface area contributed by atoms with Crippen molar-refractivity contribution in [2.75, 3.05) is 26.2 Å². The molecule has 10 nitrogen and oxygen atoms in total. The number of pyridine rings is 1. The molecule has 11 heteroatoms. The van der Waals surface area contributed by atoms with Gasteiger partial charge in [-0.05, 0) is 80.4 Å². The molecule has 2 atom stereocenters. The van der Waals surface area contributed by atoms with E-state index >= 15 is 0 Å². The number of benzene rings is 1. The molecule has 218 valence electrons. The monoisotopic (exact) mass is 565 g/mol. The molecule has 0 radical (unpaired) electrons. The van der Waals surface area contributed by atoms with Crippen molar-refractivity contribution < 1.29 is 28.6 Å². The molecule has 41 heavy (non-hydrogen) atoms. The molecular weight excluding hydrogens is 529 g/mol. The van der Waals surface area contributed by atoms with Crippen LogP contribution in [0.1, 0.15) is 67.7 Å². The van der Waals surface area contributed by atoms with Crippen molar-refractivity contribution in [3.05, 3.63) is 59.2 Å². The summed E-state index contributed by atoms with van der Waals surface area (Å²) in [7, 11) is 0. The van der Waals surface area contributed by atoms with Gasteiger partial charge in [0.1, 0.15) is 24.2 Å². The summed E-state index contributed by atoms with van der Waals surface area (Å²) in [6.07, 6.45) is 7.41. The molecule has 2 aliphatic rings. The SMILES string of the molecule is N#Cc1cc(COc2cncc(C(CC(=O)O)NC(=O)C3CCCN(C(=O)CCC4CCNCC4)C3)c2)ccc1F. The van der Waals surface area contributed by atoms with Gasteiger partial charge in [-0.15, -0.1) is 0 Å². The van der Waals surface area contributed by atoms with E-state index < -0.39 is 23.7 Å². The van der Waals surface area contributed by atoms with E-state index in [2.05, 4.69) is 15.6 Å². The van der Waals surface area contributed by atoms with Crippen molar-refractivity contribution in [3.63, 3.8) is 0 Å². The molecule has 2 saturated heterocycles. The van der Waals surface area contributed by atoms with Crippen LogP contribution in [0.5, 0.6) is 5.75 Å². The molecule has 3 N–H and O–H groups in total. The molecule has 0 saturated carbocycles. The number of hydrogen-bond acceptors (Lipinski definition) is 7. The van der Waals surface area contributed by atoms with Gasteiger partial charge in [-0.2, -0.15) is 5.26 Å². The van der Waals surface area contributed by atoms with Gasteiger partial charge < -0.3 is 25.4 Å². The molecule has 4 rings (SSSR count). The highest BCUT2D eigenvalue weighted by Gasteiger charge is 2.31. The van der Waals surface area contributed by atoms with Crippen LogP contribution in [0.2, 0.25) is 0 Å². The molecule has 0 bridgehead atoms. The second kappa shape index (κ2) is 14.6. The predicted octanol–water partition coefficient (Wildman–Crippen LogP) is 3.32. The van der Waals surface area contributed by atoms with Crippen molar-refractivity contribution in [1.82, 2.24) is 20.5 Å². The fourth-order valence-corrected chi connectivity index (χ4v) is 5.41. The van der Waals surface area contributed by atoms with Crippen molar-refractivity contribution >= 4 is 17.8 Å². The zero-order valence-corrected chi connectivity index (χ0v) is 23.0. The fraction of sp³-hybridized carbons (Fsp3) is 0.500. The Balaban J connectivity index is 1.36. The number of amides is 2. The van der Waals surface area contributed by atoms with E-state index in [1.807, 2.05) is 0 Å². The molecule has 3 heterocycles. The first-order valence-electron chi connectivity index (χ1n) is 14.1. The summed E-state index contributed by atoms with van der Waals surface area (Å²) in [5.41, 5.74) is 0.948. The van der Waals surface area contributed by atoms with Gasteiger partial charge in [-0.3, -0.25) is 19.4 Å². The smallest absolute Gasteiger partial charge is 0.305 e. The Morgan fingerprint density at radius 1 is 1.22 bits per heavy atom. The van der Waals surface area contributed by atoms with Gasteiger partial charge in [0.2, 0.25) is 11.8 Å². The number of carbonyl (C=O) groups is 3. The molecule has 2 fully saturated rings. The minimum Gasteiger partial charge on any atom is -0.487 e. The quantitative estimate of drug-likeness (QED) is 0.376. The minimum atomic E-state index is -1.09. The highest BCUT2D eigenvalue weighted by molar-refractivity contribution is 5.82. The van der Waals surface area contributed by atoms with Gasteiger partial charge in [0.25, 0.3) is 0 Å². The normalized spacial score (nSPS) is 18.2. The minimum absolute atomic E-state index is 0.0413.